The fourth-order valence-corrected chi connectivity index (χ4v) is 3.36. The first-order valence-electron chi connectivity index (χ1n) is 10.2. The summed E-state index contributed by atoms with van der Waals surface area (Å²) in [6, 6.07) is 9.26. The van der Waals surface area contributed by atoms with Crippen molar-refractivity contribution in [2.75, 3.05) is 24.3 Å². The van der Waals surface area contributed by atoms with E-state index in [9.17, 15) is 9.59 Å². The predicted octanol–water partition coefficient (Wildman–Crippen LogP) is 4.38. The SMILES string of the molecule is CC(C)[C@H](C)N(Cc1cc(NC(=O)c2ccco2)ccc1N(C)C)C(=O)C1CC1. The molecule has 156 valence electrons. The van der Waals surface area contributed by atoms with Gasteiger partial charge in [0.25, 0.3) is 5.91 Å². The predicted molar refractivity (Wildman–Crippen MR) is 115 cm³/mol. The summed E-state index contributed by atoms with van der Waals surface area (Å²) in [5, 5.41) is 2.89. The van der Waals surface area contributed by atoms with Gasteiger partial charge >= 0.3 is 0 Å². The number of amides is 2. The Morgan fingerprint density at radius 2 is 1.90 bits per heavy atom. The molecule has 1 heterocycles. The summed E-state index contributed by atoms with van der Waals surface area (Å²) in [4.78, 5) is 29.4. The Bertz CT molecular complexity index is 854. The second kappa shape index (κ2) is 8.72. The van der Waals surface area contributed by atoms with Crippen LogP contribution in [0.15, 0.2) is 41.0 Å². The van der Waals surface area contributed by atoms with Gasteiger partial charge in [0.05, 0.1) is 6.26 Å². The number of hydrogen-bond acceptors (Lipinski definition) is 4. The van der Waals surface area contributed by atoms with Crippen molar-refractivity contribution in [3.63, 3.8) is 0 Å². The largest absolute Gasteiger partial charge is 0.459 e. The summed E-state index contributed by atoms with van der Waals surface area (Å²) >= 11 is 0. The van der Waals surface area contributed by atoms with Crippen LogP contribution in [-0.2, 0) is 11.3 Å². The van der Waals surface area contributed by atoms with Gasteiger partial charge in [-0.2, -0.15) is 0 Å². The second-order valence-electron chi connectivity index (χ2n) is 8.39. The van der Waals surface area contributed by atoms with Gasteiger partial charge in [-0.3, -0.25) is 9.59 Å². The molecule has 0 aliphatic heterocycles. The summed E-state index contributed by atoms with van der Waals surface area (Å²) in [5.41, 5.74) is 2.72. The molecular weight excluding hydrogens is 366 g/mol. The van der Waals surface area contributed by atoms with Crippen LogP contribution in [0.25, 0.3) is 0 Å². The van der Waals surface area contributed by atoms with Crippen LogP contribution in [0.5, 0.6) is 0 Å². The Hall–Kier alpha value is -2.76. The molecule has 1 atom stereocenters. The number of carbonyl (C=O) groups excluding carboxylic acids is 2. The van der Waals surface area contributed by atoms with Gasteiger partial charge in [-0.1, -0.05) is 13.8 Å². The molecule has 29 heavy (non-hydrogen) atoms. The van der Waals surface area contributed by atoms with Gasteiger partial charge in [-0.25, -0.2) is 0 Å². The maximum absolute atomic E-state index is 13.0. The Morgan fingerprint density at radius 1 is 1.17 bits per heavy atom. The zero-order chi connectivity index (χ0) is 21.1. The number of hydrogen-bond donors (Lipinski definition) is 1. The number of carbonyl (C=O) groups is 2. The van der Waals surface area contributed by atoms with Gasteiger partial charge in [-0.05, 0) is 61.6 Å². The van der Waals surface area contributed by atoms with E-state index in [4.69, 9.17) is 4.42 Å². The molecule has 2 amide bonds. The summed E-state index contributed by atoms with van der Waals surface area (Å²) < 4.78 is 5.17. The lowest BCUT2D eigenvalue weighted by Crippen LogP contribution is -2.42. The van der Waals surface area contributed by atoms with Crippen molar-refractivity contribution in [3.05, 3.63) is 47.9 Å². The van der Waals surface area contributed by atoms with Crippen molar-refractivity contribution in [1.29, 1.82) is 0 Å². The van der Waals surface area contributed by atoms with E-state index in [0.29, 0.717) is 18.2 Å². The van der Waals surface area contributed by atoms with E-state index in [2.05, 4.69) is 26.1 Å². The molecule has 1 N–H and O–H groups in total. The molecule has 0 saturated heterocycles. The minimum absolute atomic E-state index is 0.138. The monoisotopic (exact) mass is 397 g/mol. The van der Waals surface area contributed by atoms with E-state index in [1.807, 2.05) is 42.1 Å². The molecule has 0 unspecified atom stereocenters. The van der Waals surface area contributed by atoms with Crippen molar-refractivity contribution in [3.8, 4) is 0 Å². The van der Waals surface area contributed by atoms with Crippen LogP contribution in [0.2, 0.25) is 0 Å². The second-order valence-corrected chi connectivity index (χ2v) is 8.39. The molecule has 6 nitrogen and oxygen atoms in total. The molecular formula is C23H31N3O3. The van der Waals surface area contributed by atoms with E-state index >= 15 is 0 Å². The lowest BCUT2D eigenvalue weighted by atomic mass is 10.0. The molecule has 0 spiro atoms. The van der Waals surface area contributed by atoms with Crippen LogP contribution in [0.4, 0.5) is 11.4 Å². The molecule has 1 aromatic carbocycles. The van der Waals surface area contributed by atoms with Crippen molar-refractivity contribution < 1.29 is 14.0 Å². The Labute approximate surface area is 172 Å². The number of furan rings is 1. The van der Waals surface area contributed by atoms with Crippen LogP contribution in [0, 0.1) is 11.8 Å². The first-order chi connectivity index (χ1) is 13.8. The fraction of sp³-hybridized carbons (Fsp3) is 0.478. The van der Waals surface area contributed by atoms with Crippen molar-refractivity contribution in [1.82, 2.24) is 4.90 Å². The van der Waals surface area contributed by atoms with Gasteiger partial charge < -0.3 is 19.5 Å². The third kappa shape index (κ3) is 5.00. The Balaban J connectivity index is 1.88. The van der Waals surface area contributed by atoms with Gasteiger partial charge in [-0.15, -0.1) is 0 Å². The highest BCUT2D eigenvalue weighted by Gasteiger charge is 2.36. The zero-order valence-electron chi connectivity index (χ0n) is 17.9. The lowest BCUT2D eigenvalue weighted by molar-refractivity contribution is -0.136. The van der Waals surface area contributed by atoms with E-state index in [-0.39, 0.29) is 29.5 Å². The van der Waals surface area contributed by atoms with Crippen LogP contribution >= 0.6 is 0 Å². The minimum Gasteiger partial charge on any atom is -0.459 e. The number of anilines is 2. The van der Waals surface area contributed by atoms with E-state index in [0.717, 1.165) is 24.1 Å². The first-order valence-corrected chi connectivity index (χ1v) is 10.2. The highest BCUT2D eigenvalue weighted by atomic mass is 16.3. The van der Waals surface area contributed by atoms with Crippen LogP contribution in [0.3, 0.4) is 0 Å². The maximum Gasteiger partial charge on any atom is 0.291 e. The average molecular weight is 398 g/mol. The molecule has 1 aliphatic rings. The molecule has 1 saturated carbocycles. The topological polar surface area (TPSA) is 65.8 Å². The van der Waals surface area contributed by atoms with Gasteiger partial charge in [0, 0.05) is 44.0 Å². The van der Waals surface area contributed by atoms with Gasteiger partial charge in [0.15, 0.2) is 5.76 Å². The highest BCUT2D eigenvalue weighted by molar-refractivity contribution is 6.02. The standard InChI is InChI=1S/C23H31N3O3/c1-15(2)16(3)26(23(28)17-8-9-17)14-18-13-19(10-11-20(18)25(4)5)24-22(27)21-7-6-12-29-21/h6-7,10-13,15-17H,8-9,14H2,1-5H3,(H,24,27)/t16-/m0/s1. The Kier molecular flexibility index (Phi) is 6.30. The summed E-state index contributed by atoms with van der Waals surface area (Å²) in [6.07, 6.45) is 3.45. The van der Waals surface area contributed by atoms with Crippen LogP contribution in [-0.4, -0.2) is 36.9 Å². The average Bonchev–Trinajstić information content (AvgIpc) is 3.38. The molecule has 6 heteroatoms. The third-order valence-corrected chi connectivity index (χ3v) is 5.57. The molecule has 1 aromatic heterocycles. The quantitative estimate of drug-likeness (QED) is 0.718. The zero-order valence-corrected chi connectivity index (χ0v) is 17.9. The van der Waals surface area contributed by atoms with E-state index < -0.39 is 0 Å². The van der Waals surface area contributed by atoms with E-state index in [1.165, 1.54) is 6.26 Å². The van der Waals surface area contributed by atoms with E-state index in [1.54, 1.807) is 12.1 Å². The number of nitrogens with one attached hydrogen (secondary N) is 1. The fourth-order valence-electron chi connectivity index (χ4n) is 3.36. The molecule has 1 aliphatic carbocycles. The first kappa shape index (κ1) is 21.0. The van der Waals surface area contributed by atoms with Gasteiger partial charge in [0.1, 0.15) is 0 Å². The molecule has 2 aromatic rings. The van der Waals surface area contributed by atoms with Crippen molar-refractivity contribution >= 4 is 23.2 Å². The molecule has 3 rings (SSSR count). The minimum atomic E-state index is -0.292. The van der Waals surface area contributed by atoms with Crippen LogP contribution < -0.4 is 10.2 Å². The van der Waals surface area contributed by atoms with Crippen LogP contribution in [0.1, 0.15) is 49.7 Å². The summed E-state index contributed by atoms with van der Waals surface area (Å²) in [6.45, 7) is 6.92. The number of nitrogens with zero attached hydrogens (tertiary/aromatic N) is 2. The summed E-state index contributed by atoms with van der Waals surface area (Å²) in [5.74, 6) is 0.742. The highest BCUT2D eigenvalue weighted by Crippen LogP contribution is 2.34. The normalized spacial score (nSPS) is 14.6. The molecule has 1 fully saturated rings. The van der Waals surface area contributed by atoms with Crippen molar-refractivity contribution in [2.24, 2.45) is 11.8 Å². The Morgan fingerprint density at radius 3 is 2.45 bits per heavy atom. The number of benzene rings is 1. The number of rotatable bonds is 8. The molecule has 0 radical (unpaired) electrons. The summed E-state index contributed by atoms with van der Waals surface area (Å²) in [7, 11) is 3.97. The smallest absolute Gasteiger partial charge is 0.291 e. The lowest BCUT2D eigenvalue weighted by Gasteiger charge is -2.33. The maximum atomic E-state index is 13.0. The molecule has 0 bridgehead atoms. The van der Waals surface area contributed by atoms with Crippen molar-refractivity contribution in [2.45, 2.75) is 46.2 Å². The third-order valence-electron chi connectivity index (χ3n) is 5.57. The van der Waals surface area contributed by atoms with Gasteiger partial charge in [0.2, 0.25) is 5.91 Å².